The number of carboxylic acid groups (broad SMARTS) is 1. The van der Waals surface area contributed by atoms with E-state index in [1.807, 2.05) is 32.9 Å². The second-order valence-corrected chi connectivity index (χ2v) is 4.74. The molecule has 2 nitrogen and oxygen atoms in total. The maximum Gasteiger partial charge on any atom is 0.303 e. The molecule has 0 bridgehead atoms. The Hall–Kier alpha value is -0.830. The third-order valence-electron chi connectivity index (χ3n) is 2.77. The summed E-state index contributed by atoms with van der Waals surface area (Å²) in [5.74, 6) is -0.684. The van der Waals surface area contributed by atoms with Crippen LogP contribution in [0.5, 0.6) is 0 Å². The minimum atomic E-state index is -0.748. The first-order chi connectivity index (χ1) is 6.93. The number of hydrogen-bond donors (Lipinski definition) is 1. The summed E-state index contributed by atoms with van der Waals surface area (Å²) < 4.78 is 1.08. The second kappa shape index (κ2) is 4.79. The zero-order valence-electron chi connectivity index (χ0n) is 9.17. The van der Waals surface area contributed by atoms with Crippen molar-refractivity contribution in [1.29, 1.82) is 0 Å². The lowest BCUT2D eigenvalue weighted by atomic mass is 9.91. The molecular formula is C12H15BrO2. The number of benzene rings is 1. The van der Waals surface area contributed by atoms with E-state index >= 15 is 0 Å². The van der Waals surface area contributed by atoms with E-state index in [2.05, 4.69) is 15.9 Å². The third-order valence-corrected chi connectivity index (χ3v) is 3.63. The highest BCUT2D eigenvalue weighted by molar-refractivity contribution is 9.10. The van der Waals surface area contributed by atoms with Crippen LogP contribution in [0.4, 0.5) is 0 Å². The molecule has 0 heterocycles. The Bertz CT molecular complexity index is 385. The Labute approximate surface area is 98.4 Å². The summed E-state index contributed by atoms with van der Waals surface area (Å²) in [6.45, 7) is 6.02. The Morgan fingerprint density at radius 2 is 2.00 bits per heavy atom. The lowest BCUT2D eigenvalue weighted by Gasteiger charge is -2.15. The average Bonchev–Trinajstić information content (AvgIpc) is 2.13. The Morgan fingerprint density at radius 1 is 1.40 bits per heavy atom. The maximum atomic E-state index is 10.6. The van der Waals surface area contributed by atoms with Crippen LogP contribution < -0.4 is 0 Å². The number of aliphatic carboxylic acids is 1. The van der Waals surface area contributed by atoms with Crippen LogP contribution in [0.2, 0.25) is 0 Å². The zero-order chi connectivity index (χ0) is 11.6. The van der Waals surface area contributed by atoms with E-state index in [9.17, 15) is 4.79 Å². The van der Waals surface area contributed by atoms with Crippen LogP contribution in [0.3, 0.4) is 0 Å². The SMILES string of the molecule is Cc1c(Br)ccc(C(C)CC(=O)O)c1C. The molecule has 82 valence electrons. The van der Waals surface area contributed by atoms with Gasteiger partial charge in [0.2, 0.25) is 0 Å². The molecule has 0 saturated carbocycles. The van der Waals surface area contributed by atoms with Crippen LogP contribution in [-0.4, -0.2) is 11.1 Å². The molecule has 1 unspecified atom stereocenters. The molecule has 1 aromatic rings. The third kappa shape index (κ3) is 2.81. The summed E-state index contributed by atoms with van der Waals surface area (Å²) in [7, 11) is 0. The van der Waals surface area contributed by atoms with Gasteiger partial charge in [0, 0.05) is 4.47 Å². The van der Waals surface area contributed by atoms with Crippen molar-refractivity contribution in [3.63, 3.8) is 0 Å². The van der Waals surface area contributed by atoms with E-state index in [1.165, 1.54) is 11.1 Å². The van der Waals surface area contributed by atoms with E-state index in [0.29, 0.717) is 0 Å². The first kappa shape index (κ1) is 12.2. The van der Waals surface area contributed by atoms with Crippen LogP contribution in [-0.2, 0) is 4.79 Å². The molecule has 1 rings (SSSR count). The summed E-state index contributed by atoms with van der Waals surface area (Å²) in [5.41, 5.74) is 3.49. The van der Waals surface area contributed by atoms with Gasteiger partial charge in [0.15, 0.2) is 0 Å². The molecule has 3 heteroatoms. The number of rotatable bonds is 3. The van der Waals surface area contributed by atoms with E-state index in [4.69, 9.17) is 5.11 Å². The highest BCUT2D eigenvalue weighted by Gasteiger charge is 2.14. The van der Waals surface area contributed by atoms with E-state index < -0.39 is 5.97 Å². The molecule has 0 aliphatic heterocycles. The standard InChI is InChI=1S/C12H15BrO2/c1-7(6-12(14)15)10-4-5-11(13)9(3)8(10)2/h4-5,7H,6H2,1-3H3,(H,14,15). The van der Waals surface area contributed by atoms with Gasteiger partial charge in [-0.25, -0.2) is 0 Å². The number of carbonyl (C=O) groups is 1. The smallest absolute Gasteiger partial charge is 0.303 e. The molecule has 1 aromatic carbocycles. The normalized spacial score (nSPS) is 12.5. The maximum absolute atomic E-state index is 10.6. The topological polar surface area (TPSA) is 37.3 Å². The summed E-state index contributed by atoms with van der Waals surface area (Å²) in [6.07, 6.45) is 0.182. The molecule has 0 aliphatic carbocycles. The molecule has 0 aliphatic rings. The fourth-order valence-corrected chi connectivity index (χ4v) is 2.14. The molecular weight excluding hydrogens is 256 g/mol. The minimum Gasteiger partial charge on any atom is -0.481 e. The van der Waals surface area contributed by atoms with Gasteiger partial charge in [-0.3, -0.25) is 4.79 Å². The fraction of sp³-hybridized carbons (Fsp3) is 0.417. The molecule has 0 radical (unpaired) electrons. The van der Waals surface area contributed by atoms with Gasteiger partial charge in [0.05, 0.1) is 6.42 Å². The van der Waals surface area contributed by atoms with Crippen molar-refractivity contribution in [1.82, 2.24) is 0 Å². The van der Waals surface area contributed by atoms with Gasteiger partial charge >= 0.3 is 5.97 Å². The van der Waals surface area contributed by atoms with Gasteiger partial charge in [0.25, 0.3) is 0 Å². The van der Waals surface area contributed by atoms with Gasteiger partial charge < -0.3 is 5.11 Å². The van der Waals surface area contributed by atoms with Crippen molar-refractivity contribution in [3.05, 3.63) is 33.3 Å². The molecule has 1 N–H and O–H groups in total. The average molecular weight is 271 g/mol. The Kier molecular flexibility index (Phi) is 3.91. The minimum absolute atomic E-state index is 0.0642. The number of carboxylic acids is 1. The van der Waals surface area contributed by atoms with Crippen LogP contribution in [0, 0.1) is 13.8 Å². The van der Waals surface area contributed by atoms with Crippen molar-refractivity contribution in [2.75, 3.05) is 0 Å². The Morgan fingerprint density at radius 3 is 2.53 bits per heavy atom. The molecule has 0 aromatic heterocycles. The van der Waals surface area contributed by atoms with Crippen molar-refractivity contribution in [3.8, 4) is 0 Å². The van der Waals surface area contributed by atoms with Crippen molar-refractivity contribution in [2.45, 2.75) is 33.1 Å². The molecule has 1 atom stereocenters. The van der Waals surface area contributed by atoms with Crippen LogP contribution in [0.15, 0.2) is 16.6 Å². The van der Waals surface area contributed by atoms with Gasteiger partial charge in [-0.05, 0) is 42.5 Å². The number of hydrogen-bond acceptors (Lipinski definition) is 1. The van der Waals surface area contributed by atoms with Gasteiger partial charge in [-0.2, -0.15) is 0 Å². The van der Waals surface area contributed by atoms with Gasteiger partial charge in [-0.15, -0.1) is 0 Å². The first-order valence-corrected chi connectivity index (χ1v) is 5.70. The largest absolute Gasteiger partial charge is 0.481 e. The highest BCUT2D eigenvalue weighted by Crippen LogP contribution is 2.28. The van der Waals surface area contributed by atoms with Crippen molar-refractivity contribution in [2.24, 2.45) is 0 Å². The molecule has 15 heavy (non-hydrogen) atoms. The summed E-state index contributed by atoms with van der Waals surface area (Å²) in [5, 5.41) is 8.75. The van der Waals surface area contributed by atoms with Gasteiger partial charge in [0.1, 0.15) is 0 Å². The van der Waals surface area contributed by atoms with E-state index in [0.717, 1.165) is 10.0 Å². The quantitative estimate of drug-likeness (QED) is 0.911. The van der Waals surface area contributed by atoms with Crippen molar-refractivity contribution < 1.29 is 9.90 Å². The van der Waals surface area contributed by atoms with Crippen molar-refractivity contribution >= 4 is 21.9 Å². The number of halogens is 1. The lowest BCUT2D eigenvalue weighted by molar-refractivity contribution is -0.137. The molecule has 0 spiro atoms. The predicted octanol–water partition coefficient (Wildman–Crippen LogP) is 3.64. The summed E-state index contributed by atoms with van der Waals surface area (Å²) in [4.78, 5) is 10.6. The Balaban J connectivity index is 3.05. The van der Waals surface area contributed by atoms with E-state index in [1.54, 1.807) is 0 Å². The summed E-state index contributed by atoms with van der Waals surface area (Å²) in [6, 6.07) is 3.98. The van der Waals surface area contributed by atoms with Crippen LogP contribution in [0.25, 0.3) is 0 Å². The van der Waals surface area contributed by atoms with E-state index in [-0.39, 0.29) is 12.3 Å². The zero-order valence-corrected chi connectivity index (χ0v) is 10.8. The molecule has 0 amide bonds. The van der Waals surface area contributed by atoms with Crippen LogP contribution >= 0.6 is 15.9 Å². The first-order valence-electron chi connectivity index (χ1n) is 4.91. The van der Waals surface area contributed by atoms with Crippen LogP contribution in [0.1, 0.15) is 36.0 Å². The predicted molar refractivity (Wildman–Crippen MR) is 64.3 cm³/mol. The summed E-state index contributed by atoms with van der Waals surface area (Å²) >= 11 is 3.46. The molecule has 0 saturated heterocycles. The highest BCUT2D eigenvalue weighted by atomic mass is 79.9. The molecule has 0 fully saturated rings. The monoisotopic (exact) mass is 270 g/mol. The second-order valence-electron chi connectivity index (χ2n) is 3.89. The lowest BCUT2D eigenvalue weighted by Crippen LogP contribution is -2.05. The fourth-order valence-electron chi connectivity index (χ4n) is 1.71. The van der Waals surface area contributed by atoms with Gasteiger partial charge in [-0.1, -0.05) is 28.9 Å².